The first-order chi connectivity index (χ1) is 10.3. The van der Waals surface area contributed by atoms with Crippen LogP contribution in [0.15, 0.2) is 36.7 Å². The molecule has 0 unspecified atom stereocenters. The number of fused-ring (bicyclic) bond motifs is 1. The molecule has 0 saturated carbocycles. The Labute approximate surface area is 121 Å². The molecule has 21 heavy (non-hydrogen) atoms. The summed E-state index contributed by atoms with van der Waals surface area (Å²) in [6.07, 6.45) is 4.52. The van der Waals surface area contributed by atoms with E-state index in [9.17, 15) is 4.79 Å². The number of hydrogen-bond acceptors (Lipinski definition) is 2. The number of aromatic nitrogens is 3. The molecule has 0 spiro atoms. The number of benzene rings is 1. The summed E-state index contributed by atoms with van der Waals surface area (Å²) < 4.78 is 0. The van der Waals surface area contributed by atoms with Crippen LogP contribution >= 0.6 is 0 Å². The van der Waals surface area contributed by atoms with Crippen LogP contribution in [0.1, 0.15) is 13.3 Å². The Morgan fingerprint density at radius 1 is 1.33 bits per heavy atom. The largest absolute Gasteiger partial charge is 0.354 e. The summed E-state index contributed by atoms with van der Waals surface area (Å²) >= 11 is 0. The molecule has 0 aliphatic carbocycles. The van der Waals surface area contributed by atoms with Gasteiger partial charge in [-0.05, 0) is 30.7 Å². The van der Waals surface area contributed by atoms with E-state index in [-0.39, 0.29) is 6.03 Å². The van der Waals surface area contributed by atoms with Crippen LogP contribution < -0.4 is 10.6 Å². The zero-order chi connectivity index (χ0) is 14.7. The monoisotopic (exact) mass is 283 g/mol. The Balaban J connectivity index is 1.81. The van der Waals surface area contributed by atoms with Crippen LogP contribution in [0.25, 0.3) is 22.2 Å². The molecule has 3 rings (SSSR count). The van der Waals surface area contributed by atoms with Gasteiger partial charge in [0.05, 0.1) is 6.20 Å². The van der Waals surface area contributed by atoms with Gasteiger partial charge in [0, 0.05) is 40.6 Å². The lowest BCUT2D eigenvalue weighted by Gasteiger charge is -2.06. The molecule has 2 heterocycles. The van der Waals surface area contributed by atoms with Crippen molar-refractivity contribution < 1.29 is 4.79 Å². The van der Waals surface area contributed by atoms with E-state index in [0.29, 0.717) is 6.54 Å². The van der Waals surface area contributed by atoms with Crippen molar-refractivity contribution in [2.75, 3.05) is 11.9 Å². The molecule has 108 valence electrons. The van der Waals surface area contributed by atoms with Crippen molar-refractivity contribution >= 4 is 22.6 Å². The highest BCUT2D eigenvalue weighted by molar-refractivity contribution is 5.94. The van der Waals surface area contributed by atoms with E-state index in [2.05, 4.69) is 25.8 Å². The van der Waals surface area contributed by atoms with Crippen LogP contribution in [-0.4, -0.2) is 27.8 Å². The number of rotatable bonds is 4. The molecular formula is C15H17N5O. The third kappa shape index (κ3) is 2.89. The number of nitrogens with zero attached hydrogens (tertiary/aromatic N) is 1. The van der Waals surface area contributed by atoms with Gasteiger partial charge in [-0.3, -0.25) is 5.10 Å². The molecule has 4 N–H and O–H groups in total. The van der Waals surface area contributed by atoms with Gasteiger partial charge in [-0.25, -0.2) is 4.79 Å². The van der Waals surface area contributed by atoms with E-state index in [1.807, 2.05) is 37.4 Å². The predicted molar refractivity (Wildman–Crippen MR) is 83.2 cm³/mol. The van der Waals surface area contributed by atoms with Gasteiger partial charge in [-0.1, -0.05) is 6.92 Å². The first-order valence-electron chi connectivity index (χ1n) is 6.93. The van der Waals surface area contributed by atoms with Crippen LogP contribution in [0.2, 0.25) is 0 Å². The summed E-state index contributed by atoms with van der Waals surface area (Å²) in [5.41, 5.74) is 3.78. The third-order valence-corrected chi connectivity index (χ3v) is 3.22. The molecule has 0 saturated heterocycles. The highest BCUT2D eigenvalue weighted by atomic mass is 16.2. The fraction of sp³-hybridized carbons (Fsp3) is 0.200. The summed E-state index contributed by atoms with van der Waals surface area (Å²) in [7, 11) is 0. The second-order valence-corrected chi connectivity index (χ2v) is 4.85. The second-order valence-electron chi connectivity index (χ2n) is 4.85. The van der Waals surface area contributed by atoms with Crippen molar-refractivity contribution in [2.45, 2.75) is 13.3 Å². The number of carbonyl (C=O) groups excluding carboxylic acids is 1. The molecule has 6 nitrogen and oxygen atoms in total. The van der Waals surface area contributed by atoms with Gasteiger partial charge in [0.2, 0.25) is 0 Å². The van der Waals surface area contributed by atoms with Crippen LogP contribution in [0.3, 0.4) is 0 Å². The minimum Gasteiger partial charge on any atom is -0.354 e. The molecule has 1 aromatic carbocycles. The van der Waals surface area contributed by atoms with E-state index in [1.54, 1.807) is 6.20 Å². The molecule has 2 amide bonds. The van der Waals surface area contributed by atoms with Crippen LogP contribution in [-0.2, 0) is 0 Å². The number of carbonyl (C=O) groups is 1. The number of anilines is 1. The zero-order valence-electron chi connectivity index (χ0n) is 11.7. The summed E-state index contributed by atoms with van der Waals surface area (Å²) in [5.74, 6) is 0. The predicted octanol–water partition coefficient (Wildman–Crippen LogP) is 3.09. The molecule has 0 aliphatic rings. The molecule has 0 radical (unpaired) electrons. The fourth-order valence-electron chi connectivity index (χ4n) is 2.18. The van der Waals surface area contributed by atoms with Gasteiger partial charge in [0.25, 0.3) is 0 Å². The number of aromatic amines is 2. The smallest absolute Gasteiger partial charge is 0.319 e. The summed E-state index contributed by atoms with van der Waals surface area (Å²) in [5, 5.41) is 13.4. The number of urea groups is 1. The first-order valence-corrected chi connectivity index (χ1v) is 6.93. The molecule has 0 fully saturated rings. The lowest BCUT2D eigenvalue weighted by Crippen LogP contribution is -2.29. The highest BCUT2D eigenvalue weighted by Gasteiger charge is 2.06. The van der Waals surface area contributed by atoms with Crippen molar-refractivity contribution in [1.29, 1.82) is 0 Å². The number of nitrogens with one attached hydrogen (secondary N) is 4. The van der Waals surface area contributed by atoms with Crippen molar-refractivity contribution in [3.63, 3.8) is 0 Å². The van der Waals surface area contributed by atoms with E-state index in [0.717, 1.165) is 34.3 Å². The number of H-pyrrole nitrogens is 2. The highest BCUT2D eigenvalue weighted by Crippen LogP contribution is 2.25. The minimum absolute atomic E-state index is 0.179. The van der Waals surface area contributed by atoms with Crippen LogP contribution in [0, 0.1) is 0 Å². The fourth-order valence-corrected chi connectivity index (χ4v) is 2.18. The quantitative estimate of drug-likeness (QED) is 0.593. The Morgan fingerprint density at radius 3 is 3.00 bits per heavy atom. The van der Waals surface area contributed by atoms with Crippen LogP contribution in [0.5, 0.6) is 0 Å². The lowest BCUT2D eigenvalue weighted by atomic mass is 10.2. The SMILES string of the molecule is CCCNC(=O)Nc1ccc2[nH]c(-c3cn[nH]c3)cc2c1. The molecule has 3 aromatic rings. The standard InChI is InChI=1S/C15H17N5O/c1-2-5-16-15(21)19-12-3-4-13-10(6-12)7-14(20-13)11-8-17-18-9-11/h3-4,6-9,20H,2,5H2,1H3,(H,17,18)(H2,16,19,21). The molecule has 0 aliphatic heterocycles. The number of hydrogen-bond donors (Lipinski definition) is 4. The molecule has 2 aromatic heterocycles. The van der Waals surface area contributed by atoms with Crippen molar-refractivity contribution in [3.05, 3.63) is 36.7 Å². The Morgan fingerprint density at radius 2 is 2.24 bits per heavy atom. The van der Waals surface area contributed by atoms with E-state index in [4.69, 9.17) is 0 Å². The average molecular weight is 283 g/mol. The topological polar surface area (TPSA) is 85.6 Å². The van der Waals surface area contributed by atoms with Crippen molar-refractivity contribution in [2.24, 2.45) is 0 Å². The Bertz CT molecular complexity index is 745. The Hall–Kier alpha value is -2.76. The molecular weight excluding hydrogens is 266 g/mol. The molecule has 6 heteroatoms. The van der Waals surface area contributed by atoms with E-state index in [1.165, 1.54) is 0 Å². The normalized spacial score (nSPS) is 10.7. The van der Waals surface area contributed by atoms with Gasteiger partial charge < -0.3 is 15.6 Å². The third-order valence-electron chi connectivity index (χ3n) is 3.22. The van der Waals surface area contributed by atoms with Gasteiger partial charge >= 0.3 is 6.03 Å². The van der Waals surface area contributed by atoms with E-state index >= 15 is 0 Å². The van der Waals surface area contributed by atoms with Gasteiger partial charge in [0.15, 0.2) is 0 Å². The van der Waals surface area contributed by atoms with Gasteiger partial charge in [-0.2, -0.15) is 5.10 Å². The first kappa shape index (κ1) is 13.2. The maximum absolute atomic E-state index is 11.7. The average Bonchev–Trinajstić information content (AvgIpc) is 3.13. The summed E-state index contributed by atoms with van der Waals surface area (Å²) in [6, 6.07) is 7.63. The lowest BCUT2D eigenvalue weighted by molar-refractivity contribution is 0.252. The maximum Gasteiger partial charge on any atom is 0.319 e. The van der Waals surface area contributed by atoms with Crippen LogP contribution in [0.4, 0.5) is 10.5 Å². The molecule has 0 atom stereocenters. The zero-order valence-corrected chi connectivity index (χ0v) is 11.7. The van der Waals surface area contributed by atoms with Gasteiger partial charge in [-0.15, -0.1) is 0 Å². The van der Waals surface area contributed by atoms with Gasteiger partial charge in [0.1, 0.15) is 0 Å². The summed E-state index contributed by atoms with van der Waals surface area (Å²) in [6.45, 7) is 2.69. The number of amides is 2. The maximum atomic E-state index is 11.7. The molecule has 0 bridgehead atoms. The minimum atomic E-state index is -0.179. The van der Waals surface area contributed by atoms with Crippen molar-refractivity contribution in [3.8, 4) is 11.3 Å². The van der Waals surface area contributed by atoms with E-state index < -0.39 is 0 Å². The van der Waals surface area contributed by atoms with Crippen molar-refractivity contribution in [1.82, 2.24) is 20.5 Å². The second kappa shape index (κ2) is 5.70. The summed E-state index contributed by atoms with van der Waals surface area (Å²) in [4.78, 5) is 15.0. The Kier molecular flexibility index (Phi) is 3.59.